The topological polar surface area (TPSA) is 89.6 Å². The summed E-state index contributed by atoms with van der Waals surface area (Å²) in [5.41, 5.74) is -0.245. The third kappa shape index (κ3) is 4.22. The molecule has 1 aromatic rings. The number of anilines is 1. The van der Waals surface area contributed by atoms with Gasteiger partial charge in [0.25, 0.3) is 5.91 Å². The van der Waals surface area contributed by atoms with Gasteiger partial charge in [-0.2, -0.15) is 0 Å². The lowest BCUT2D eigenvalue weighted by Crippen LogP contribution is -2.48. The van der Waals surface area contributed by atoms with Crippen molar-refractivity contribution in [1.29, 1.82) is 0 Å². The molecule has 8 heteroatoms. The second-order valence-corrected chi connectivity index (χ2v) is 5.89. The number of ether oxygens (including phenoxy) is 2. The number of nitrogens with zero attached hydrogens (tertiary/aromatic N) is 1. The summed E-state index contributed by atoms with van der Waals surface area (Å²) in [4.78, 5) is 27.6. The summed E-state index contributed by atoms with van der Waals surface area (Å²) in [6.45, 7) is 5.18. The monoisotopic (exact) mass is 313 g/mol. The van der Waals surface area contributed by atoms with E-state index in [4.69, 9.17) is 21.1 Å². The van der Waals surface area contributed by atoms with Crippen molar-refractivity contribution in [2.75, 3.05) is 11.9 Å². The molecule has 114 valence electrons. The molecule has 1 aromatic heterocycles. The number of hydrogen-bond donors (Lipinski definition) is 2. The van der Waals surface area contributed by atoms with Gasteiger partial charge < -0.3 is 20.1 Å². The molecule has 1 atom stereocenters. The van der Waals surface area contributed by atoms with Crippen molar-refractivity contribution in [2.24, 2.45) is 0 Å². The van der Waals surface area contributed by atoms with Crippen LogP contribution >= 0.6 is 11.6 Å². The van der Waals surface area contributed by atoms with E-state index in [1.165, 1.54) is 12.3 Å². The van der Waals surface area contributed by atoms with Crippen molar-refractivity contribution in [3.8, 4) is 5.75 Å². The van der Waals surface area contributed by atoms with Crippen LogP contribution in [0.25, 0.3) is 0 Å². The number of nitrogens with one attached hydrogen (secondary N) is 2. The van der Waals surface area contributed by atoms with Crippen molar-refractivity contribution in [1.82, 2.24) is 10.3 Å². The summed E-state index contributed by atoms with van der Waals surface area (Å²) in [5, 5.41) is 5.33. The van der Waals surface area contributed by atoms with Crippen LogP contribution < -0.4 is 15.4 Å². The maximum atomic E-state index is 12.0. The molecule has 0 fully saturated rings. The van der Waals surface area contributed by atoms with E-state index in [9.17, 15) is 9.59 Å². The zero-order chi connectivity index (χ0) is 15.6. The summed E-state index contributed by atoms with van der Waals surface area (Å²) < 4.78 is 10.6. The van der Waals surface area contributed by atoms with Crippen molar-refractivity contribution in [2.45, 2.75) is 32.4 Å². The Morgan fingerprint density at radius 2 is 2.29 bits per heavy atom. The van der Waals surface area contributed by atoms with E-state index < -0.39 is 23.6 Å². The average molecular weight is 314 g/mol. The number of fused-ring (bicyclic) bond motifs is 1. The van der Waals surface area contributed by atoms with Crippen molar-refractivity contribution in [3.63, 3.8) is 0 Å². The molecule has 0 aliphatic carbocycles. The number of rotatable bonds is 1. The minimum Gasteiger partial charge on any atom is -0.489 e. The molecule has 0 bridgehead atoms. The molecule has 0 saturated carbocycles. The lowest BCUT2D eigenvalue weighted by Gasteiger charge is -2.22. The van der Waals surface area contributed by atoms with Crippen LogP contribution in [0.4, 0.5) is 10.5 Å². The van der Waals surface area contributed by atoms with Crippen LogP contribution in [-0.4, -0.2) is 35.2 Å². The zero-order valence-corrected chi connectivity index (χ0v) is 12.7. The Bertz CT molecular complexity index is 571. The first-order valence-electron chi connectivity index (χ1n) is 6.33. The van der Waals surface area contributed by atoms with Gasteiger partial charge in [-0.1, -0.05) is 11.6 Å². The molecule has 0 spiro atoms. The van der Waals surface area contributed by atoms with E-state index in [0.29, 0.717) is 11.4 Å². The number of hydrogen-bond acceptors (Lipinski definition) is 5. The van der Waals surface area contributed by atoms with Crippen molar-refractivity contribution >= 4 is 29.3 Å². The van der Waals surface area contributed by atoms with Gasteiger partial charge in [-0.25, -0.2) is 9.78 Å². The average Bonchev–Trinajstić information content (AvgIpc) is 2.48. The van der Waals surface area contributed by atoms with Gasteiger partial charge in [-0.15, -0.1) is 0 Å². The Kier molecular flexibility index (Phi) is 4.22. The second kappa shape index (κ2) is 5.77. The minimum atomic E-state index is -0.869. The molecule has 1 aliphatic rings. The molecule has 2 N–H and O–H groups in total. The molecule has 2 heterocycles. The van der Waals surface area contributed by atoms with Gasteiger partial charge in [-0.3, -0.25) is 4.79 Å². The normalized spacial score (nSPS) is 17.9. The van der Waals surface area contributed by atoms with Gasteiger partial charge in [0.2, 0.25) is 0 Å². The second-order valence-electron chi connectivity index (χ2n) is 5.50. The summed E-state index contributed by atoms with van der Waals surface area (Å²) in [7, 11) is 0. The van der Waals surface area contributed by atoms with E-state index in [2.05, 4.69) is 15.6 Å². The number of carbonyl (C=O) groups excluding carboxylic acids is 2. The molecule has 0 radical (unpaired) electrons. The van der Waals surface area contributed by atoms with Crippen molar-refractivity contribution in [3.05, 3.63) is 17.4 Å². The summed E-state index contributed by atoms with van der Waals surface area (Å²) in [6.07, 6.45) is 0.708. The smallest absolute Gasteiger partial charge is 0.408 e. The lowest BCUT2D eigenvalue weighted by atomic mass is 10.2. The summed E-state index contributed by atoms with van der Waals surface area (Å²) in [6, 6.07) is 0.624. The third-order valence-corrected chi connectivity index (χ3v) is 2.71. The highest BCUT2D eigenvalue weighted by molar-refractivity contribution is 6.29. The predicted molar refractivity (Wildman–Crippen MR) is 76.5 cm³/mol. The van der Waals surface area contributed by atoms with Crippen LogP contribution in [0.15, 0.2) is 12.3 Å². The Hall–Kier alpha value is -2.02. The van der Waals surface area contributed by atoms with Crippen LogP contribution in [0.5, 0.6) is 5.75 Å². The van der Waals surface area contributed by atoms with E-state index in [1.807, 2.05) is 0 Å². The number of amides is 2. The molecular formula is C13H16ClN3O4. The molecule has 1 aliphatic heterocycles. The lowest BCUT2D eigenvalue weighted by molar-refractivity contribution is -0.118. The highest BCUT2D eigenvalue weighted by Gasteiger charge is 2.28. The van der Waals surface area contributed by atoms with E-state index in [0.717, 1.165) is 0 Å². The van der Waals surface area contributed by atoms with Crippen LogP contribution in [0.3, 0.4) is 0 Å². The van der Waals surface area contributed by atoms with Crippen LogP contribution in [0.1, 0.15) is 20.8 Å². The first kappa shape index (κ1) is 15.4. The zero-order valence-electron chi connectivity index (χ0n) is 11.9. The summed E-state index contributed by atoms with van der Waals surface area (Å²) in [5.74, 6) is -0.0134. The van der Waals surface area contributed by atoms with Crippen LogP contribution in [-0.2, 0) is 9.53 Å². The Balaban J connectivity index is 2.05. The Morgan fingerprint density at radius 3 is 2.95 bits per heavy atom. The maximum Gasteiger partial charge on any atom is 0.408 e. The van der Waals surface area contributed by atoms with Gasteiger partial charge >= 0.3 is 6.09 Å². The number of halogens is 1. The maximum absolute atomic E-state index is 12.0. The number of pyridine rings is 1. The Morgan fingerprint density at radius 1 is 1.57 bits per heavy atom. The quantitative estimate of drug-likeness (QED) is 0.774. The fourth-order valence-electron chi connectivity index (χ4n) is 1.65. The fourth-order valence-corrected chi connectivity index (χ4v) is 1.80. The van der Waals surface area contributed by atoms with Gasteiger partial charge in [-0.05, 0) is 20.8 Å². The molecule has 2 amide bonds. The standard InChI is InChI=1S/C13H16ClN3O4/c1-13(2,3)21-12(19)17-8-6-20-9-4-10(14)15-5-7(9)16-11(8)18/h4-5,8H,6H2,1-3H3,(H,16,18)(H,17,19)/t8-/m0/s1. The van der Waals surface area contributed by atoms with Crippen LogP contribution in [0.2, 0.25) is 5.15 Å². The molecule has 2 rings (SSSR count). The van der Waals surface area contributed by atoms with Crippen molar-refractivity contribution < 1.29 is 19.1 Å². The van der Waals surface area contributed by atoms with Gasteiger partial charge in [0.15, 0.2) is 0 Å². The van der Waals surface area contributed by atoms with E-state index >= 15 is 0 Å². The van der Waals surface area contributed by atoms with Gasteiger partial charge in [0.1, 0.15) is 34.8 Å². The molecule has 7 nitrogen and oxygen atoms in total. The Labute approximate surface area is 127 Å². The molecule has 0 unspecified atom stereocenters. The van der Waals surface area contributed by atoms with Gasteiger partial charge in [0, 0.05) is 6.07 Å². The first-order valence-corrected chi connectivity index (χ1v) is 6.71. The predicted octanol–water partition coefficient (Wildman–Crippen LogP) is 1.96. The molecule has 0 aromatic carbocycles. The van der Waals surface area contributed by atoms with E-state index in [1.54, 1.807) is 20.8 Å². The summed E-state index contributed by atoms with van der Waals surface area (Å²) >= 11 is 5.77. The number of aromatic nitrogens is 1. The van der Waals surface area contributed by atoms with Crippen LogP contribution in [0, 0.1) is 0 Å². The molecule has 0 saturated heterocycles. The minimum absolute atomic E-state index is 0.0293. The highest BCUT2D eigenvalue weighted by atomic mass is 35.5. The molecule has 21 heavy (non-hydrogen) atoms. The van der Waals surface area contributed by atoms with Gasteiger partial charge in [0.05, 0.1) is 6.20 Å². The molecular weight excluding hydrogens is 298 g/mol. The fraction of sp³-hybridized carbons (Fsp3) is 0.462. The largest absolute Gasteiger partial charge is 0.489 e. The first-order chi connectivity index (χ1) is 9.74. The SMILES string of the molecule is CC(C)(C)OC(=O)N[C@H]1COc2cc(Cl)ncc2NC1=O. The van der Waals surface area contributed by atoms with E-state index in [-0.39, 0.29) is 11.8 Å². The number of carbonyl (C=O) groups is 2. The highest BCUT2D eigenvalue weighted by Crippen LogP contribution is 2.28. The third-order valence-electron chi connectivity index (χ3n) is 2.50. The number of alkyl carbamates (subject to hydrolysis) is 1.